The lowest BCUT2D eigenvalue weighted by Gasteiger charge is -2.20. The highest BCUT2D eigenvalue weighted by Gasteiger charge is 2.32. The highest BCUT2D eigenvalue weighted by molar-refractivity contribution is 7.22. The van der Waals surface area contributed by atoms with E-state index in [9.17, 15) is 22.8 Å². The fraction of sp³-hybridized carbons (Fsp3) is 0.267. The Labute approximate surface area is 257 Å². The van der Waals surface area contributed by atoms with Gasteiger partial charge in [0.25, 0.3) is 5.56 Å². The minimum atomic E-state index is -4.64. The van der Waals surface area contributed by atoms with Crippen LogP contribution in [0.1, 0.15) is 48.0 Å². The van der Waals surface area contributed by atoms with Gasteiger partial charge in [-0.15, -0.1) is 11.3 Å². The Bertz CT molecular complexity index is 1950. The fourth-order valence-corrected chi connectivity index (χ4v) is 6.10. The van der Waals surface area contributed by atoms with Gasteiger partial charge in [-0.05, 0) is 64.1 Å². The highest BCUT2D eigenvalue weighted by Crippen LogP contribution is 2.43. The third-order valence-electron chi connectivity index (χ3n) is 6.35. The summed E-state index contributed by atoms with van der Waals surface area (Å²) in [6, 6.07) is 12.0. The maximum absolute atomic E-state index is 13.4. The first-order chi connectivity index (χ1) is 20.1. The van der Waals surface area contributed by atoms with Gasteiger partial charge in [-0.1, -0.05) is 35.3 Å². The van der Waals surface area contributed by atoms with Crippen molar-refractivity contribution in [2.75, 3.05) is 6.61 Å². The molecule has 0 bridgehead atoms. The zero-order valence-electron chi connectivity index (χ0n) is 23.3. The topological polar surface area (TPSA) is 82.8 Å². The van der Waals surface area contributed by atoms with E-state index in [1.165, 1.54) is 11.3 Å². The van der Waals surface area contributed by atoms with Gasteiger partial charge in [0.05, 0.1) is 27.3 Å². The monoisotopic (exact) mass is 649 g/mol. The summed E-state index contributed by atoms with van der Waals surface area (Å²) in [6.07, 6.45) is -4.55. The van der Waals surface area contributed by atoms with Crippen LogP contribution in [0.25, 0.3) is 26.3 Å². The number of ether oxygens (including phenoxy) is 2. The number of hydrogen-bond donors (Lipinski definition) is 0. The molecule has 0 spiro atoms. The summed E-state index contributed by atoms with van der Waals surface area (Å²) < 4.78 is 53.2. The van der Waals surface area contributed by atoms with E-state index in [-0.39, 0.29) is 40.6 Å². The van der Waals surface area contributed by atoms with Crippen molar-refractivity contribution in [1.82, 2.24) is 14.4 Å². The van der Waals surface area contributed by atoms with Crippen molar-refractivity contribution in [2.45, 2.75) is 45.9 Å². The SMILES string of the molecule is Cc1nc2cc(C(F)(F)F)cc(Cl)n2c(=O)c1CCOc1ccccc1-c1sc2ccc(Cl)nc2c1C(=O)OC(C)(C)C. The molecule has 7 nitrogen and oxygen atoms in total. The molecule has 0 fully saturated rings. The van der Waals surface area contributed by atoms with Crippen molar-refractivity contribution < 1.29 is 27.4 Å². The maximum atomic E-state index is 13.4. The second-order valence-corrected chi connectivity index (χ2v) is 12.4. The van der Waals surface area contributed by atoms with Crippen LogP contribution in [-0.2, 0) is 17.3 Å². The van der Waals surface area contributed by atoms with Gasteiger partial charge in [-0.25, -0.2) is 14.8 Å². The summed E-state index contributed by atoms with van der Waals surface area (Å²) in [4.78, 5) is 35.8. The molecule has 0 saturated carbocycles. The Balaban J connectivity index is 1.49. The molecule has 0 unspecified atom stereocenters. The predicted octanol–water partition coefficient (Wildman–Crippen LogP) is 8.18. The highest BCUT2D eigenvalue weighted by atomic mass is 35.5. The van der Waals surface area contributed by atoms with Crippen LogP contribution in [-0.4, -0.2) is 32.5 Å². The molecule has 4 heterocycles. The molecule has 0 radical (unpaired) electrons. The van der Waals surface area contributed by atoms with E-state index >= 15 is 0 Å². The molecule has 4 aromatic heterocycles. The number of carbonyl (C=O) groups is 1. The number of esters is 1. The van der Waals surface area contributed by atoms with Crippen LogP contribution in [0.5, 0.6) is 5.75 Å². The smallest absolute Gasteiger partial charge is 0.416 e. The van der Waals surface area contributed by atoms with E-state index in [2.05, 4.69) is 9.97 Å². The van der Waals surface area contributed by atoms with Gasteiger partial charge < -0.3 is 9.47 Å². The van der Waals surface area contributed by atoms with Gasteiger partial charge in [-0.2, -0.15) is 13.2 Å². The Morgan fingerprint density at radius 2 is 1.77 bits per heavy atom. The number of halogens is 5. The molecule has 0 aliphatic carbocycles. The average molecular weight is 651 g/mol. The van der Waals surface area contributed by atoms with E-state index < -0.39 is 34.0 Å². The van der Waals surface area contributed by atoms with Gasteiger partial charge >= 0.3 is 12.1 Å². The van der Waals surface area contributed by atoms with Crippen LogP contribution >= 0.6 is 34.5 Å². The zero-order chi connectivity index (χ0) is 31.3. The minimum absolute atomic E-state index is 0.0236. The summed E-state index contributed by atoms with van der Waals surface area (Å²) in [6.45, 7) is 6.87. The van der Waals surface area contributed by atoms with Crippen LogP contribution in [0.4, 0.5) is 13.2 Å². The van der Waals surface area contributed by atoms with Gasteiger partial charge in [0.1, 0.15) is 32.9 Å². The summed E-state index contributed by atoms with van der Waals surface area (Å²) >= 11 is 13.6. The number of thiophene rings is 1. The van der Waals surface area contributed by atoms with E-state index in [0.29, 0.717) is 27.8 Å². The lowest BCUT2D eigenvalue weighted by molar-refractivity contribution is -0.137. The molecule has 5 aromatic rings. The summed E-state index contributed by atoms with van der Waals surface area (Å²) in [7, 11) is 0. The third-order valence-corrected chi connectivity index (χ3v) is 8.02. The first-order valence-electron chi connectivity index (χ1n) is 13.0. The molecule has 224 valence electrons. The second-order valence-electron chi connectivity index (χ2n) is 10.6. The van der Waals surface area contributed by atoms with Crippen LogP contribution < -0.4 is 10.3 Å². The lowest BCUT2D eigenvalue weighted by Crippen LogP contribution is -2.24. The fourth-order valence-electron chi connectivity index (χ4n) is 4.52. The summed E-state index contributed by atoms with van der Waals surface area (Å²) in [5.41, 5.74) is -0.765. The molecule has 0 amide bonds. The van der Waals surface area contributed by atoms with Crippen molar-refractivity contribution in [1.29, 1.82) is 0 Å². The Hall–Kier alpha value is -3.67. The summed E-state index contributed by atoms with van der Waals surface area (Å²) in [5.74, 6) is -0.126. The summed E-state index contributed by atoms with van der Waals surface area (Å²) in [5, 5.41) is -0.172. The van der Waals surface area contributed by atoms with E-state index in [1.807, 2.05) is 0 Å². The van der Waals surface area contributed by atoms with E-state index in [0.717, 1.165) is 15.2 Å². The third kappa shape index (κ3) is 6.34. The Morgan fingerprint density at radius 3 is 2.47 bits per heavy atom. The van der Waals surface area contributed by atoms with Crippen molar-refractivity contribution in [2.24, 2.45) is 0 Å². The molecule has 0 N–H and O–H groups in total. The molecule has 0 aliphatic rings. The zero-order valence-corrected chi connectivity index (χ0v) is 25.6. The van der Waals surface area contributed by atoms with Crippen molar-refractivity contribution in [3.05, 3.63) is 91.6 Å². The normalized spacial score (nSPS) is 12.2. The maximum Gasteiger partial charge on any atom is 0.416 e. The Kier molecular flexibility index (Phi) is 8.19. The van der Waals surface area contributed by atoms with E-state index in [4.69, 9.17) is 32.7 Å². The molecule has 43 heavy (non-hydrogen) atoms. The molecule has 13 heteroatoms. The van der Waals surface area contributed by atoms with Gasteiger partial charge in [0.15, 0.2) is 0 Å². The van der Waals surface area contributed by atoms with Crippen molar-refractivity contribution >= 4 is 56.4 Å². The number of rotatable bonds is 6. The number of fused-ring (bicyclic) bond motifs is 2. The Morgan fingerprint density at radius 1 is 1.05 bits per heavy atom. The quantitative estimate of drug-likeness (QED) is 0.136. The largest absolute Gasteiger partial charge is 0.493 e. The molecule has 0 aliphatic heterocycles. The number of alkyl halides is 3. The molecule has 0 saturated heterocycles. The van der Waals surface area contributed by atoms with Gasteiger partial charge in [0.2, 0.25) is 0 Å². The molecular weight excluding hydrogens is 626 g/mol. The number of benzene rings is 1. The first kappa shape index (κ1) is 30.8. The number of carbonyl (C=O) groups excluding carboxylic acids is 1. The van der Waals surface area contributed by atoms with Crippen LogP contribution in [0.3, 0.4) is 0 Å². The van der Waals surface area contributed by atoms with Gasteiger partial charge in [0, 0.05) is 23.2 Å². The lowest BCUT2D eigenvalue weighted by atomic mass is 10.1. The van der Waals surface area contributed by atoms with Crippen LogP contribution in [0.15, 0.2) is 53.3 Å². The van der Waals surface area contributed by atoms with E-state index in [1.54, 1.807) is 64.1 Å². The first-order valence-corrected chi connectivity index (χ1v) is 14.5. The molecule has 5 rings (SSSR count). The standard InChI is InChI=1S/C30H24Cl2F3N3O4S/c1-15-17(27(39)38-22(32)13-16(30(33,34)35)14-23(38)36-15)11-12-41-19-8-6-5-7-18(19)26-24(28(40)42-29(2,3)4)25-20(43-26)9-10-21(31)37-25/h5-10,13-14H,11-12H2,1-4H3. The van der Waals surface area contributed by atoms with Crippen molar-refractivity contribution in [3.8, 4) is 16.2 Å². The number of nitrogens with zero attached hydrogens (tertiary/aromatic N) is 3. The van der Waals surface area contributed by atoms with Crippen LogP contribution in [0.2, 0.25) is 10.3 Å². The molecular formula is C30H24Cl2F3N3O4S. The number of aromatic nitrogens is 3. The minimum Gasteiger partial charge on any atom is -0.493 e. The molecule has 1 aromatic carbocycles. The number of pyridine rings is 2. The second kappa shape index (κ2) is 11.4. The van der Waals surface area contributed by atoms with Crippen molar-refractivity contribution in [3.63, 3.8) is 0 Å². The van der Waals surface area contributed by atoms with Crippen LogP contribution in [0, 0.1) is 6.92 Å². The number of para-hydroxylation sites is 1. The predicted molar refractivity (Wildman–Crippen MR) is 161 cm³/mol. The number of aryl methyl sites for hydroxylation is 1. The molecule has 0 atom stereocenters. The van der Waals surface area contributed by atoms with Gasteiger partial charge in [-0.3, -0.25) is 9.20 Å². The number of hydrogen-bond acceptors (Lipinski definition) is 7. The average Bonchev–Trinajstić information content (AvgIpc) is 3.27.